The molecule has 1 amide bonds. The molecule has 0 aliphatic heterocycles. The van der Waals surface area contributed by atoms with Crippen molar-refractivity contribution >= 4 is 24.5 Å². The molecule has 98 valence electrons. The largest absolute Gasteiger partial charge is 0.481 e. The zero-order valence-corrected chi connectivity index (χ0v) is 10.4. The molecule has 18 heavy (non-hydrogen) atoms. The van der Waals surface area contributed by atoms with E-state index in [9.17, 15) is 9.59 Å². The molecule has 0 aliphatic rings. The molecule has 0 bridgehead atoms. The number of thiol groups is 1. The first-order valence-electron chi connectivity index (χ1n) is 5.20. The Balaban J connectivity index is 2.88. The number of nitrogens with two attached hydrogens (primary N) is 1. The Morgan fingerprint density at radius 2 is 2.17 bits per heavy atom. The van der Waals surface area contributed by atoms with Gasteiger partial charge in [0.05, 0.1) is 5.56 Å². The van der Waals surface area contributed by atoms with E-state index in [0.29, 0.717) is 18.0 Å². The highest BCUT2D eigenvalue weighted by molar-refractivity contribution is 7.80. The summed E-state index contributed by atoms with van der Waals surface area (Å²) in [6.45, 7) is 0.135. The van der Waals surface area contributed by atoms with Crippen LogP contribution in [0.3, 0.4) is 0 Å². The number of rotatable bonds is 6. The molecule has 1 aromatic rings. The summed E-state index contributed by atoms with van der Waals surface area (Å²) >= 11 is 4.11. The second-order valence-corrected chi connectivity index (χ2v) is 3.92. The Labute approximate surface area is 110 Å². The number of benzene rings is 1. The molecule has 7 heteroatoms. The number of hydrogen-bond donors (Lipinski definition) is 4. The first-order valence-corrected chi connectivity index (χ1v) is 5.65. The van der Waals surface area contributed by atoms with Crippen LogP contribution < -0.4 is 15.8 Å². The topological polar surface area (TPSA) is 102 Å². The van der Waals surface area contributed by atoms with Crippen molar-refractivity contribution in [2.24, 2.45) is 5.73 Å². The van der Waals surface area contributed by atoms with Crippen LogP contribution >= 0.6 is 12.6 Å². The third-order valence-corrected chi connectivity index (χ3v) is 2.27. The van der Waals surface area contributed by atoms with E-state index in [1.807, 2.05) is 0 Å². The van der Waals surface area contributed by atoms with Crippen LogP contribution in [0, 0.1) is 0 Å². The maximum atomic E-state index is 11.8. The van der Waals surface area contributed by atoms with Gasteiger partial charge in [-0.15, -0.1) is 12.6 Å². The molecule has 1 rings (SSSR count). The quantitative estimate of drug-likeness (QED) is 0.550. The van der Waals surface area contributed by atoms with Crippen LogP contribution in [0.15, 0.2) is 23.1 Å². The van der Waals surface area contributed by atoms with Crippen molar-refractivity contribution in [3.63, 3.8) is 0 Å². The van der Waals surface area contributed by atoms with Gasteiger partial charge in [0.15, 0.2) is 6.61 Å². The zero-order chi connectivity index (χ0) is 13.5. The molecule has 0 unspecified atom stereocenters. The maximum absolute atomic E-state index is 11.8. The van der Waals surface area contributed by atoms with Crippen molar-refractivity contribution < 1.29 is 19.4 Å². The molecule has 0 radical (unpaired) electrons. The Kier molecular flexibility index (Phi) is 5.47. The molecule has 0 saturated heterocycles. The van der Waals surface area contributed by atoms with Gasteiger partial charge in [0, 0.05) is 18.0 Å². The standard InChI is InChI=1S/C11H14N2O4S/c12-3-4-13-11(16)8-2-1-7(18)5-9(8)17-6-10(14)15/h1-2,5,18H,3-4,6,12H2,(H,13,16)(H,14,15). The van der Waals surface area contributed by atoms with Crippen LogP contribution in [0.5, 0.6) is 5.75 Å². The van der Waals surface area contributed by atoms with E-state index < -0.39 is 12.6 Å². The van der Waals surface area contributed by atoms with Crippen LogP contribution in [-0.4, -0.2) is 36.7 Å². The summed E-state index contributed by atoms with van der Waals surface area (Å²) < 4.78 is 5.04. The number of aliphatic carboxylic acids is 1. The number of hydrogen-bond acceptors (Lipinski definition) is 5. The predicted octanol–water partition coefficient (Wildman–Crippen LogP) is 0.127. The average Bonchev–Trinajstić information content (AvgIpc) is 2.33. The number of carboxylic acids is 1. The lowest BCUT2D eigenvalue weighted by Gasteiger charge is -2.10. The van der Waals surface area contributed by atoms with Gasteiger partial charge >= 0.3 is 5.97 Å². The van der Waals surface area contributed by atoms with Gasteiger partial charge in [0.1, 0.15) is 5.75 Å². The highest BCUT2D eigenvalue weighted by atomic mass is 32.1. The van der Waals surface area contributed by atoms with Gasteiger partial charge in [-0.2, -0.15) is 0 Å². The zero-order valence-electron chi connectivity index (χ0n) is 9.55. The van der Waals surface area contributed by atoms with Crippen LogP contribution in [0.25, 0.3) is 0 Å². The van der Waals surface area contributed by atoms with Crippen LogP contribution in [0.1, 0.15) is 10.4 Å². The SMILES string of the molecule is NCCNC(=O)c1ccc(S)cc1OCC(=O)O. The van der Waals surface area contributed by atoms with E-state index in [1.54, 1.807) is 6.07 Å². The number of carbonyl (C=O) groups excluding carboxylic acids is 1. The monoisotopic (exact) mass is 270 g/mol. The van der Waals surface area contributed by atoms with Gasteiger partial charge in [0.2, 0.25) is 0 Å². The average molecular weight is 270 g/mol. The Morgan fingerprint density at radius 1 is 1.44 bits per heavy atom. The molecule has 1 aromatic carbocycles. The lowest BCUT2D eigenvalue weighted by atomic mass is 10.2. The highest BCUT2D eigenvalue weighted by Gasteiger charge is 2.13. The Hall–Kier alpha value is -1.73. The molecular formula is C11H14N2O4S. The number of nitrogens with one attached hydrogen (secondary N) is 1. The second kappa shape index (κ2) is 6.87. The van der Waals surface area contributed by atoms with E-state index >= 15 is 0 Å². The van der Waals surface area contributed by atoms with Crippen LogP contribution in [0.2, 0.25) is 0 Å². The van der Waals surface area contributed by atoms with Gasteiger partial charge in [0.25, 0.3) is 5.91 Å². The first-order chi connectivity index (χ1) is 8.54. The summed E-state index contributed by atoms with van der Waals surface area (Å²) in [7, 11) is 0. The van der Waals surface area contributed by atoms with Crippen molar-refractivity contribution in [1.29, 1.82) is 0 Å². The minimum absolute atomic E-state index is 0.180. The lowest BCUT2D eigenvalue weighted by Crippen LogP contribution is -2.29. The smallest absolute Gasteiger partial charge is 0.341 e. The summed E-state index contributed by atoms with van der Waals surface area (Å²) in [4.78, 5) is 22.8. The summed E-state index contributed by atoms with van der Waals surface area (Å²) in [5.41, 5.74) is 5.53. The van der Waals surface area contributed by atoms with Crippen molar-refractivity contribution in [2.75, 3.05) is 19.7 Å². The van der Waals surface area contributed by atoms with E-state index in [-0.39, 0.29) is 17.2 Å². The summed E-state index contributed by atoms with van der Waals surface area (Å²) in [6, 6.07) is 4.63. The van der Waals surface area contributed by atoms with Gasteiger partial charge < -0.3 is 20.9 Å². The summed E-state index contributed by atoms with van der Waals surface area (Å²) in [5.74, 6) is -1.30. The van der Waals surface area contributed by atoms with E-state index in [1.165, 1.54) is 12.1 Å². The van der Waals surface area contributed by atoms with Crippen LogP contribution in [0.4, 0.5) is 0 Å². The molecule has 0 saturated carbocycles. The molecular weight excluding hydrogens is 256 g/mol. The van der Waals surface area contributed by atoms with Gasteiger partial charge in [-0.3, -0.25) is 4.79 Å². The molecule has 0 spiro atoms. The minimum Gasteiger partial charge on any atom is -0.481 e. The lowest BCUT2D eigenvalue weighted by molar-refractivity contribution is -0.139. The normalized spacial score (nSPS) is 9.89. The number of carboxylic acid groups (broad SMARTS) is 1. The van der Waals surface area contributed by atoms with Gasteiger partial charge in [-0.05, 0) is 18.2 Å². The fourth-order valence-corrected chi connectivity index (χ4v) is 1.43. The number of carbonyl (C=O) groups is 2. The maximum Gasteiger partial charge on any atom is 0.341 e. The fraction of sp³-hybridized carbons (Fsp3) is 0.273. The van der Waals surface area contributed by atoms with E-state index in [2.05, 4.69) is 17.9 Å². The second-order valence-electron chi connectivity index (χ2n) is 3.41. The van der Waals surface area contributed by atoms with E-state index in [4.69, 9.17) is 15.6 Å². The summed E-state index contributed by atoms with van der Waals surface area (Å²) in [6.07, 6.45) is 0. The number of ether oxygens (including phenoxy) is 1. The molecule has 4 N–H and O–H groups in total. The molecule has 0 fully saturated rings. The van der Waals surface area contributed by atoms with E-state index in [0.717, 1.165) is 0 Å². The third-order valence-electron chi connectivity index (χ3n) is 1.99. The summed E-state index contributed by atoms with van der Waals surface area (Å²) in [5, 5.41) is 11.1. The third kappa shape index (κ3) is 4.27. The van der Waals surface area contributed by atoms with Crippen LogP contribution in [-0.2, 0) is 4.79 Å². The minimum atomic E-state index is -1.12. The first kappa shape index (κ1) is 14.3. The molecule has 0 heterocycles. The number of amides is 1. The van der Waals surface area contributed by atoms with Crippen molar-refractivity contribution in [2.45, 2.75) is 4.90 Å². The molecule has 0 aromatic heterocycles. The molecule has 0 aliphatic carbocycles. The van der Waals surface area contributed by atoms with Crippen molar-refractivity contribution in [3.8, 4) is 5.75 Å². The van der Waals surface area contributed by atoms with Crippen molar-refractivity contribution in [1.82, 2.24) is 5.32 Å². The Bertz CT molecular complexity index is 451. The Morgan fingerprint density at radius 3 is 2.78 bits per heavy atom. The molecule has 6 nitrogen and oxygen atoms in total. The highest BCUT2D eigenvalue weighted by Crippen LogP contribution is 2.22. The fourth-order valence-electron chi connectivity index (χ4n) is 1.24. The van der Waals surface area contributed by atoms with Gasteiger partial charge in [-0.1, -0.05) is 0 Å². The van der Waals surface area contributed by atoms with Gasteiger partial charge in [-0.25, -0.2) is 4.79 Å². The predicted molar refractivity (Wildman–Crippen MR) is 68.2 cm³/mol. The van der Waals surface area contributed by atoms with Crippen molar-refractivity contribution in [3.05, 3.63) is 23.8 Å². The molecule has 0 atom stereocenters.